The fourth-order valence-electron chi connectivity index (χ4n) is 4.53. The van der Waals surface area contributed by atoms with E-state index in [0.717, 1.165) is 24.2 Å². The van der Waals surface area contributed by atoms with E-state index >= 15 is 0 Å². The topological polar surface area (TPSA) is 9.23 Å². The lowest BCUT2D eigenvalue weighted by molar-refractivity contribution is -0.104. The minimum atomic E-state index is 0.302. The summed E-state index contributed by atoms with van der Waals surface area (Å²) in [5, 5.41) is 0. The Morgan fingerprint density at radius 2 is 1.70 bits per heavy atom. The Kier molecular flexibility index (Phi) is 4.51. The van der Waals surface area contributed by atoms with Gasteiger partial charge in [-0.25, -0.2) is 0 Å². The van der Waals surface area contributed by atoms with E-state index in [1.807, 2.05) is 0 Å². The second kappa shape index (κ2) is 6.15. The van der Waals surface area contributed by atoms with Crippen LogP contribution in [0.25, 0.3) is 0 Å². The fraction of sp³-hybridized carbons (Fsp3) is 0.727. The van der Waals surface area contributed by atoms with Gasteiger partial charge in [0.1, 0.15) is 5.75 Å². The maximum atomic E-state index is 6.14. The second-order valence-electron chi connectivity index (χ2n) is 9.54. The van der Waals surface area contributed by atoms with Crippen molar-refractivity contribution in [1.82, 2.24) is 0 Å². The normalized spacial score (nSPS) is 27.8. The van der Waals surface area contributed by atoms with E-state index in [2.05, 4.69) is 58.9 Å². The maximum Gasteiger partial charge on any atom is 0.119 e. The predicted octanol–water partition coefficient (Wildman–Crippen LogP) is 6.43. The number of rotatable bonds is 6. The third-order valence-electron chi connectivity index (χ3n) is 6.41. The molecule has 0 amide bonds. The Balaban J connectivity index is 1.63. The zero-order valence-corrected chi connectivity index (χ0v) is 15.7. The zero-order valence-electron chi connectivity index (χ0n) is 15.7. The first-order chi connectivity index (χ1) is 10.8. The van der Waals surface area contributed by atoms with Crippen molar-refractivity contribution in [2.75, 3.05) is 6.61 Å². The number of ether oxygens (including phenoxy) is 1. The third-order valence-corrected chi connectivity index (χ3v) is 6.41. The van der Waals surface area contributed by atoms with E-state index < -0.39 is 0 Å². The van der Waals surface area contributed by atoms with Gasteiger partial charge in [-0.15, -0.1) is 0 Å². The minimum Gasteiger partial charge on any atom is -0.493 e. The van der Waals surface area contributed by atoms with Gasteiger partial charge in [-0.3, -0.25) is 0 Å². The largest absolute Gasteiger partial charge is 0.493 e. The van der Waals surface area contributed by atoms with Gasteiger partial charge in [-0.05, 0) is 73.0 Å². The van der Waals surface area contributed by atoms with Gasteiger partial charge in [-0.1, -0.05) is 46.8 Å². The molecule has 1 atom stereocenters. The van der Waals surface area contributed by atoms with Crippen LogP contribution in [-0.4, -0.2) is 6.61 Å². The summed E-state index contributed by atoms with van der Waals surface area (Å²) in [7, 11) is 0. The van der Waals surface area contributed by atoms with Crippen molar-refractivity contribution < 1.29 is 4.74 Å². The summed E-state index contributed by atoms with van der Waals surface area (Å²) in [5.74, 6) is 3.36. The summed E-state index contributed by atoms with van der Waals surface area (Å²) in [4.78, 5) is 0. The summed E-state index contributed by atoms with van der Waals surface area (Å²) in [6.45, 7) is 12.7. The van der Waals surface area contributed by atoms with Crippen molar-refractivity contribution in [1.29, 1.82) is 0 Å². The van der Waals surface area contributed by atoms with Crippen LogP contribution in [0.5, 0.6) is 5.75 Å². The lowest BCUT2D eigenvalue weighted by atomic mass is 9.48. The molecular weight excluding hydrogens is 280 g/mol. The monoisotopic (exact) mass is 314 g/mol. The molecule has 0 N–H and O–H groups in total. The van der Waals surface area contributed by atoms with Crippen LogP contribution >= 0.6 is 0 Å². The Morgan fingerprint density at radius 1 is 1.09 bits per heavy atom. The summed E-state index contributed by atoms with van der Waals surface area (Å²) < 4.78 is 6.14. The molecule has 23 heavy (non-hydrogen) atoms. The molecule has 1 nitrogen and oxygen atoms in total. The Bertz CT molecular complexity index is 512. The van der Waals surface area contributed by atoms with Crippen LogP contribution in [0.3, 0.4) is 0 Å². The van der Waals surface area contributed by atoms with Crippen LogP contribution in [0, 0.1) is 22.7 Å². The Labute approximate surface area is 142 Å². The Hall–Kier alpha value is -0.980. The van der Waals surface area contributed by atoms with Gasteiger partial charge in [0, 0.05) is 5.41 Å². The van der Waals surface area contributed by atoms with Crippen molar-refractivity contribution in [3.8, 4) is 5.75 Å². The van der Waals surface area contributed by atoms with Gasteiger partial charge < -0.3 is 4.74 Å². The number of fused-ring (bicyclic) bond motifs is 1. The summed E-state index contributed by atoms with van der Waals surface area (Å²) in [6.07, 6.45) is 6.89. The molecule has 0 radical (unpaired) electrons. The first-order valence-corrected chi connectivity index (χ1v) is 9.53. The van der Waals surface area contributed by atoms with E-state index in [1.165, 1.54) is 37.7 Å². The molecule has 0 bridgehead atoms. The molecule has 3 rings (SSSR count). The molecule has 0 heterocycles. The van der Waals surface area contributed by atoms with Crippen molar-refractivity contribution in [2.45, 2.75) is 72.6 Å². The first kappa shape index (κ1) is 16.9. The van der Waals surface area contributed by atoms with Crippen LogP contribution < -0.4 is 4.74 Å². The standard InChI is InChI=1S/C22H34O/c1-16(2)14-20(21(3,4)5)17-6-8-19(9-7-17)23-15-22-12-10-18(22)11-13-22/h6-9,16,18,20H,10-15H2,1-5H3. The minimum absolute atomic E-state index is 0.302. The zero-order chi connectivity index (χ0) is 16.7. The molecule has 0 spiro atoms. The highest BCUT2D eigenvalue weighted by Crippen LogP contribution is 2.61. The molecule has 1 heteroatoms. The third kappa shape index (κ3) is 3.44. The van der Waals surface area contributed by atoms with Crippen LogP contribution in [0.15, 0.2) is 24.3 Å². The van der Waals surface area contributed by atoms with Gasteiger partial charge in [0.05, 0.1) is 6.61 Å². The highest BCUT2D eigenvalue weighted by molar-refractivity contribution is 5.30. The van der Waals surface area contributed by atoms with Gasteiger partial charge in [-0.2, -0.15) is 0 Å². The molecule has 0 aromatic heterocycles. The quantitative estimate of drug-likeness (QED) is 0.587. The Morgan fingerprint density at radius 3 is 2.09 bits per heavy atom. The van der Waals surface area contributed by atoms with E-state index in [1.54, 1.807) is 0 Å². The van der Waals surface area contributed by atoms with Gasteiger partial charge in [0.15, 0.2) is 0 Å². The molecule has 0 aliphatic heterocycles. The van der Waals surface area contributed by atoms with Crippen molar-refractivity contribution >= 4 is 0 Å². The van der Waals surface area contributed by atoms with Crippen LogP contribution in [-0.2, 0) is 0 Å². The smallest absolute Gasteiger partial charge is 0.119 e. The number of hydrogen-bond acceptors (Lipinski definition) is 1. The molecule has 1 unspecified atom stereocenters. The van der Waals surface area contributed by atoms with Crippen LogP contribution in [0.1, 0.15) is 78.2 Å². The number of hydrogen-bond donors (Lipinski definition) is 0. The molecular formula is C22H34O. The van der Waals surface area contributed by atoms with E-state index in [9.17, 15) is 0 Å². The van der Waals surface area contributed by atoms with E-state index in [0.29, 0.717) is 16.7 Å². The fourth-order valence-corrected chi connectivity index (χ4v) is 4.53. The second-order valence-corrected chi connectivity index (χ2v) is 9.54. The molecule has 0 saturated heterocycles. The average molecular weight is 315 g/mol. The molecule has 128 valence electrons. The number of benzene rings is 1. The molecule has 1 aromatic carbocycles. The average Bonchev–Trinajstić information content (AvgIpc) is 2.47. The highest BCUT2D eigenvalue weighted by Gasteiger charge is 2.53. The highest BCUT2D eigenvalue weighted by atomic mass is 16.5. The SMILES string of the molecule is CC(C)CC(c1ccc(OCC23CCC2CC3)cc1)C(C)(C)C. The molecule has 2 aliphatic rings. The lowest BCUT2D eigenvalue weighted by Gasteiger charge is -2.58. The van der Waals surface area contributed by atoms with E-state index in [-0.39, 0.29) is 0 Å². The summed E-state index contributed by atoms with van der Waals surface area (Å²) in [6, 6.07) is 8.98. The maximum absolute atomic E-state index is 6.14. The van der Waals surface area contributed by atoms with Crippen molar-refractivity contribution in [2.24, 2.45) is 22.7 Å². The predicted molar refractivity (Wildman–Crippen MR) is 98.0 cm³/mol. The lowest BCUT2D eigenvalue weighted by Crippen LogP contribution is -2.52. The van der Waals surface area contributed by atoms with E-state index in [4.69, 9.17) is 4.74 Å². The molecule has 2 saturated carbocycles. The molecule has 1 aromatic rings. The van der Waals surface area contributed by atoms with Gasteiger partial charge in [0.25, 0.3) is 0 Å². The summed E-state index contributed by atoms with van der Waals surface area (Å²) in [5.41, 5.74) is 2.32. The van der Waals surface area contributed by atoms with Crippen molar-refractivity contribution in [3.63, 3.8) is 0 Å². The van der Waals surface area contributed by atoms with Crippen molar-refractivity contribution in [3.05, 3.63) is 29.8 Å². The molecule has 2 fully saturated rings. The van der Waals surface area contributed by atoms with Gasteiger partial charge in [0.2, 0.25) is 0 Å². The first-order valence-electron chi connectivity index (χ1n) is 9.53. The van der Waals surface area contributed by atoms with Gasteiger partial charge >= 0.3 is 0 Å². The van der Waals surface area contributed by atoms with Crippen LogP contribution in [0.2, 0.25) is 0 Å². The molecule has 2 aliphatic carbocycles. The summed E-state index contributed by atoms with van der Waals surface area (Å²) >= 11 is 0. The van der Waals surface area contributed by atoms with Crippen LogP contribution in [0.4, 0.5) is 0 Å².